The maximum atomic E-state index is 11.6. The molecular weight excluding hydrogens is 300 g/mol. The summed E-state index contributed by atoms with van der Waals surface area (Å²) in [6.45, 7) is 3.56. The highest BCUT2D eigenvalue weighted by Crippen LogP contribution is 2.20. The Bertz CT molecular complexity index is 463. The summed E-state index contributed by atoms with van der Waals surface area (Å²) < 4.78 is 0.841. The molecular formula is C12H15BrN2O3. The number of carbonyl (C=O) groups excluding carboxylic acids is 1. The number of anilines is 1. The number of urea groups is 1. The number of carboxylic acid groups (broad SMARTS) is 1. The van der Waals surface area contributed by atoms with Gasteiger partial charge in [-0.25, -0.2) is 9.59 Å². The maximum Gasteiger partial charge on any atom is 0.326 e. The lowest BCUT2D eigenvalue weighted by molar-refractivity contribution is -0.139. The smallest absolute Gasteiger partial charge is 0.326 e. The fraction of sp³-hybridized carbons (Fsp3) is 0.333. The average Bonchev–Trinajstić information content (AvgIpc) is 2.30. The van der Waals surface area contributed by atoms with Crippen molar-refractivity contribution in [1.82, 2.24) is 5.32 Å². The standard InChI is InChI=1S/C12H15BrN2O3/c1-3-9(11(16)17)14-12(18)15-10-6-8(13)5-4-7(10)2/h4-6,9H,3H2,1-2H3,(H,16,17)(H2,14,15,18). The molecule has 6 heteroatoms. The van der Waals surface area contributed by atoms with Gasteiger partial charge in [0.25, 0.3) is 0 Å². The lowest BCUT2D eigenvalue weighted by Gasteiger charge is -2.14. The highest BCUT2D eigenvalue weighted by molar-refractivity contribution is 9.10. The van der Waals surface area contributed by atoms with Crippen LogP contribution in [0.3, 0.4) is 0 Å². The Hall–Kier alpha value is -1.56. The molecule has 0 saturated heterocycles. The molecule has 0 aromatic heterocycles. The van der Waals surface area contributed by atoms with E-state index in [-0.39, 0.29) is 0 Å². The highest BCUT2D eigenvalue weighted by Gasteiger charge is 2.17. The van der Waals surface area contributed by atoms with Gasteiger partial charge in [0.05, 0.1) is 0 Å². The van der Waals surface area contributed by atoms with Gasteiger partial charge in [-0.3, -0.25) is 0 Å². The zero-order valence-corrected chi connectivity index (χ0v) is 11.7. The summed E-state index contributed by atoms with van der Waals surface area (Å²) in [5.74, 6) is -1.04. The maximum absolute atomic E-state index is 11.6. The van der Waals surface area contributed by atoms with Crippen LogP contribution >= 0.6 is 15.9 Å². The monoisotopic (exact) mass is 314 g/mol. The van der Waals surface area contributed by atoms with E-state index in [1.807, 2.05) is 19.1 Å². The van der Waals surface area contributed by atoms with Crippen molar-refractivity contribution in [3.8, 4) is 0 Å². The summed E-state index contributed by atoms with van der Waals surface area (Å²) in [5.41, 5.74) is 1.54. The van der Waals surface area contributed by atoms with E-state index in [2.05, 4.69) is 26.6 Å². The Labute approximate surface area is 114 Å². The molecule has 0 spiro atoms. The van der Waals surface area contributed by atoms with E-state index in [0.29, 0.717) is 12.1 Å². The molecule has 1 unspecified atom stereocenters. The molecule has 3 N–H and O–H groups in total. The van der Waals surface area contributed by atoms with Crippen LogP contribution in [-0.2, 0) is 4.79 Å². The van der Waals surface area contributed by atoms with Crippen molar-refractivity contribution in [1.29, 1.82) is 0 Å². The topological polar surface area (TPSA) is 78.4 Å². The number of carboxylic acids is 1. The number of nitrogens with one attached hydrogen (secondary N) is 2. The van der Waals surface area contributed by atoms with E-state index in [4.69, 9.17) is 5.11 Å². The second-order valence-corrected chi connectivity index (χ2v) is 4.77. The third-order valence-corrected chi connectivity index (χ3v) is 2.95. The summed E-state index contributed by atoms with van der Waals surface area (Å²) in [7, 11) is 0. The van der Waals surface area contributed by atoms with Crippen LogP contribution < -0.4 is 10.6 Å². The number of benzene rings is 1. The second-order valence-electron chi connectivity index (χ2n) is 3.86. The molecule has 18 heavy (non-hydrogen) atoms. The summed E-state index contributed by atoms with van der Waals surface area (Å²) in [5, 5.41) is 13.9. The Morgan fingerprint density at radius 2 is 2.11 bits per heavy atom. The number of halogens is 1. The van der Waals surface area contributed by atoms with E-state index < -0.39 is 18.0 Å². The van der Waals surface area contributed by atoms with Crippen LogP contribution in [0.2, 0.25) is 0 Å². The van der Waals surface area contributed by atoms with Crippen molar-refractivity contribution in [2.45, 2.75) is 26.3 Å². The van der Waals surface area contributed by atoms with Crippen LogP contribution in [0.5, 0.6) is 0 Å². The molecule has 2 amide bonds. The predicted octanol–water partition coefficient (Wildman–Crippen LogP) is 2.74. The van der Waals surface area contributed by atoms with Crippen molar-refractivity contribution in [2.75, 3.05) is 5.32 Å². The number of aryl methyl sites for hydroxylation is 1. The van der Waals surface area contributed by atoms with Crippen LogP contribution in [-0.4, -0.2) is 23.1 Å². The Morgan fingerprint density at radius 3 is 2.67 bits per heavy atom. The van der Waals surface area contributed by atoms with Crippen molar-refractivity contribution >= 4 is 33.6 Å². The third kappa shape index (κ3) is 4.03. The van der Waals surface area contributed by atoms with Crippen LogP contribution in [0.1, 0.15) is 18.9 Å². The predicted molar refractivity (Wildman–Crippen MR) is 72.7 cm³/mol. The Morgan fingerprint density at radius 1 is 1.44 bits per heavy atom. The van der Waals surface area contributed by atoms with E-state index in [9.17, 15) is 9.59 Å². The first kappa shape index (κ1) is 14.5. The Balaban J connectivity index is 2.70. The minimum atomic E-state index is -1.04. The van der Waals surface area contributed by atoms with E-state index in [0.717, 1.165) is 10.0 Å². The van der Waals surface area contributed by atoms with Gasteiger partial charge in [-0.05, 0) is 31.0 Å². The largest absolute Gasteiger partial charge is 0.480 e. The number of amides is 2. The molecule has 1 aromatic carbocycles. The summed E-state index contributed by atoms with van der Waals surface area (Å²) in [6, 6.07) is 4.08. The second kappa shape index (κ2) is 6.39. The lowest BCUT2D eigenvalue weighted by atomic mass is 10.2. The first-order valence-electron chi connectivity index (χ1n) is 5.50. The normalized spacial score (nSPS) is 11.7. The van der Waals surface area contributed by atoms with Crippen molar-refractivity contribution in [3.63, 3.8) is 0 Å². The zero-order chi connectivity index (χ0) is 13.7. The van der Waals surface area contributed by atoms with Gasteiger partial charge in [0.2, 0.25) is 0 Å². The van der Waals surface area contributed by atoms with Gasteiger partial charge >= 0.3 is 12.0 Å². The SMILES string of the molecule is CCC(NC(=O)Nc1cc(Br)ccc1C)C(=O)O. The number of aliphatic carboxylic acids is 1. The molecule has 0 radical (unpaired) electrons. The van der Waals surface area contributed by atoms with Gasteiger partial charge < -0.3 is 15.7 Å². The molecule has 0 aliphatic rings. The molecule has 98 valence electrons. The van der Waals surface area contributed by atoms with Gasteiger partial charge in [0.15, 0.2) is 0 Å². The van der Waals surface area contributed by atoms with E-state index in [1.165, 1.54) is 0 Å². The first-order valence-corrected chi connectivity index (χ1v) is 6.29. The number of hydrogen-bond acceptors (Lipinski definition) is 2. The van der Waals surface area contributed by atoms with Gasteiger partial charge in [-0.15, -0.1) is 0 Å². The van der Waals surface area contributed by atoms with Gasteiger partial charge in [-0.2, -0.15) is 0 Å². The molecule has 1 aromatic rings. The summed E-state index contributed by atoms with van der Waals surface area (Å²) in [4.78, 5) is 22.4. The first-order chi connectivity index (χ1) is 8.43. The lowest BCUT2D eigenvalue weighted by Crippen LogP contribution is -2.42. The van der Waals surface area contributed by atoms with Crippen molar-refractivity contribution in [3.05, 3.63) is 28.2 Å². The molecule has 0 fully saturated rings. The van der Waals surface area contributed by atoms with Crippen LogP contribution in [0.15, 0.2) is 22.7 Å². The minimum Gasteiger partial charge on any atom is -0.480 e. The molecule has 1 atom stereocenters. The quantitative estimate of drug-likeness (QED) is 0.799. The van der Waals surface area contributed by atoms with Crippen LogP contribution in [0.4, 0.5) is 10.5 Å². The number of carbonyl (C=O) groups is 2. The van der Waals surface area contributed by atoms with E-state index in [1.54, 1.807) is 13.0 Å². The van der Waals surface area contributed by atoms with Crippen molar-refractivity contribution in [2.24, 2.45) is 0 Å². The third-order valence-electron chi connectivity index (χ3n) is 2.46. The molecule has 0 aliphatic heterocycles. The molecule has 0 aliphatic carbocycles. The molecule has 1 rings (SSSR count). The van der Waals surface area contributed by atoms with Crippen LogP contribution in [0.25, 0.3) is 0 Å². The molecule has 0 saturated carbocycles. The average molecular weight is 315 g/mol. The zero-order valence-electron chi connectivity index (χ0n) is 10.2. The minimum absolute atomic E-state index is 0.334. The summed E-state index contributed by atoms with van der Waals surface area (Å²) >= 11 is 3.31. The van der Waals surface area contributed by atoms with Crippen LogP contribution in [0, 0.1) is 6.92 Å². The number of rotatable bonds is 4. The fourth-order valence-electron chi connectivity index (χ4n) is 1.38. The van der Waals surface area contributed by atoms with Crippen molar-refractivity contribution < 1.29 is 14.7 Å². The van der Waals surface area contributed by atoms with Gasteiger partial charge in [-0.1, -0.05) is 28.9 Å². The summed E-state index contributed by atoms with van der Waals surface area (Å²) in [6.07, 6.45) is 0.334. The molecule has 0 heterocycles. The molecule has 5 nitrogen and oxygen atoms in total. The van der Waals surface area contributed by atoms with E-state index >= 15 is 0 Å². The van der Waals surface area contributed by atoms with Gasteiger partial charge in [0, 0.05) is 10.2 Å². The molecule has 0 bridgehead atoms. The highest BCUT2D eigenvalue weighted by atomic mass is 79.9. The van der Waals surface area contributed by atoms with Gasteiger partial charge in [0.1, 0.15) is 6.04 Å². The fourth-order valence-corrected chi connectivity index (χ4v) is 1.75. The Kier molecular flexibility index (Phi) is 5.15. The number of hydrogen-bond donors (Lipinski definition) is 3.